The summed E-state index contributed by atoms with van der Waals surface area (Å²) in [6.45, 7) is 1.92. The smallest absolute Gasteiger partial charge is 0.182 e. The fraction of sp³-hybridized carbons (Fsp3) is 0.136. The first-order valence-electron chi connectivity index (χ1n) is 9.44. The summed E-state index contributed by atoms with van der Waals surface area (Å²) in [5, 5.41) is 3.32. The molecule has 3 heterocycles. The van der Waals surface area contributed by atoms with Gasteiger partial charge in [-0.05, 0) is 42.8 Å². The van der Waals surface area contributed by atoms with Crippen LogP contribution in [-0.4, -0.2) is 26.0 Å². The molecule has 0 fully saturated rings. The van der Waals surface area contributed by atoms with E-state index in [0.717, 1.165) is 5.57 Å². The van der Waals surface area contributed by atoms with E-state index in [-0.39, 0.29) is 17.7 Å². The average molecular weight is 405 g/mol. The largest absolute Gasteiger partial charge is 0.459 e. The van der Waals surface area contributed by atoms with E-state index in [9.17, 15) is 8.78 Å². The van der Waals surface area contributed by atoms with Crippen molar-refractivity contribution in [3.05, 3.63) is 83.6 Å². The van der Waals surface area contributed by atoms with Gasteiger partial charge in [0.15, 0.2) is 11.5 Å². The van der Waals surface area contributed by atoms with Crippen molar-refractivity contribution in [1.82, 2.24) is 19.9 Å². The van der Waals surface area contributed by atoms with Crippen LogP contribution in [0.4, 0.5) is 14.6 Å². The van der Waals surface area contributed by atoms with Gasteiger partial charge in [0.05, 0.1) is 12.4 Å². The SMILES string of the molecule is C[C@H](Nc1ncnc2nc[nH]c12)C1=C(c2cccc(F)c2)Cc2cc(F)ccc2O1. The van der Waals surface area contributed by atoms with Gasteiger partial charge in [0, 0.05) is 17.6 Å². The minimum Gasteiger partial charge on any atom is -0.459 e. The Balaban J connectivity index is 1.57. The molecule has 0 aliphatic carbocycles. The van der Waals surface area contributed by atoms with Gasteiger partial charge in [-0.15, -0.1) is 0 Å². The highest BCUT2D eigenvalue weighted by atomic mass is 19.1. The highest BCUT2D eigenvalue weighted by Crippen LogP contribution is 2.37. The fourth-order valence-electron chi connectivity index (χ4n) is 3.66. The minimum atomic E-state index is -0.347. The van der Waals surface area contributed by atoms with Crippen molar-refractivity contribution in [1.29, 1.82) is 0 Å². The molecule has 2 aromatic carbocycles. The fourth-order valence-corrected chi connectivity index (χ4v) is 3.66. The zero-order valence-electron chi connectivity index (χ0n) is 16.0. The molecular formula is C22H17F2N5O. The van der Waals surface area contributed by atoms with Crippen LogP contribution in [0.5, 0.6) is 5.75 Å². The van der Waals surface area contributed by atoms with Gasteiger partial charge < -0.3 is 15.0 Å². The van der Waals surface area contributed by atoms with Crippen LogP contribution in [0, 0.1) is 11.6 Å². The topological polar surface area (TPSA) is 75.7 Å². The highest BCUT2D eigenvalue weighted by molar-refractivity contribution is 5.82. The van der Waals surface area contributed by atoms with Crippen molar-refractivity contribution in [2.45, 2.75) is 19.4 Å². The van der Waals surface area contributed by atoms with E-state index in [1.54, 1.807) is 18.5 Å². The van der Waals surface area contributed by atoms with E-state index < -0.39 is 0 Å². The second kappa shape index (κ2) is 7.22. The van der Waals surface area contributed by atoms with Gasteiger partial charge in [-0.3, -0.25) is 0 Å². The summed E-state index contributed by atoms with van der Waals surface area (Å²) in [6.07, 6.45) is 3.40. The number of rotatable bonds is 4. The molecular weight excluding hydrogens is 388 g/mol. The Morgan fingerprint density at radius 1 is 1.07 bits per heavy atom. The lowest BCUT2D eigenvalue weighted by atomic mass is 9.92. The third-order valence-electron chi connectivity index (χ3n) is 5.05. The van der Waals surface area contributed by atoms with Crippen molar-refractivity contribution in [2.75, 3.05) is 5.32 Å². The monoisotopic (exact) mass is 405 g/mol. The van der Waals surface area contributed by atoms with Gasteiger partial charge in [-0.1, -0.05) is 12.1 Å². The van der Waals surface area contributed by atoms with Gasteiger partial charge in [-0.2, -0.15) is 0 Å². The lowest BCUT2D eigenvalue weighted by Gasteiger charge is -2.28. The number of allylic oxidation sites excluding steroid dienone is 1. The van der Waals surface area contributed by atoms with Gasteiger partial charge >= 0.3 is 0 Å². The van der Waals surface area contributed by atoms with Crippen molar-refractivity contribution < 1.29 is 13.5 Å². The first-order chi connectivity index (χ1) is 14.6. The number of fused-ring (bicyclic) bond motifs is 2. The molecule has 0 spiro atoms. The summed E-state index contributed by atoms with van der Waals surface area (Å²) in [5.74, 6) is 1.08. The number of benzene rings is 2. The maximum Gasteiger partial charge on any atom is 0.182 e. The first kappa shape index (κ1) is 18.2. The normalized spacial score (nSPS) is 14.4. The van der Waals surface area contributed by atoms with Crippen molar-refractivity contribution in [3.63, 3.8) is 0 Å². The Hall–Kier alpha value is -3.81. The summed E-state index contributed by atoms with van der Waals surface area (Å²) in [5.41, 5.74) is 3.40. The van der Waals surface area contributed by atoms with E-state index in [2.05, 4.69) is 25.3 Å². The molecule has 150 valence electrons. The Morgan fingerprint density at radius 3 is 2.80 bits per heavy atom. The Kier molecular flexibility index (Phi) is 4.39. The van der Waals surface area contributed by atoms with E-state index in [4.69, 9.17) is 4.74 Å². The van der Waals surface area contributed by atoms with E-state index in [0.29, 0.717) is 46.0 Å². The number of ether oxygens (including phenoxy) is 1. The summed E-state index contributed by atoms with van der Waals surface area (Å²) in [7, 11) is 0. The van der Waals surface area contributed by atoms with Gasteiger partial charge in [0.25, 0.3) is 0 Å². The summed E-state index contributed by atoms with van der Waals surface area (Å²) in [4.78, 5) is 15.6. The predicted molar refractivity (Wildman–Crippen MR) is 109 cm³/mol. The minimum absolute atomic E-state index is 0.317. The highest BCUT2D eigenvalue weighted by Gasteiger charge is 2.26. The molecule has 0 saturated carbocycles. The number of anilines is 1. The number of imidazole rings is 1. The zero-order chi connectivity index (χ0) is 20.7. The second-order valence-electron chi connectivity index (χ2n) is 7.07. The van der Waals surface area contributed by atoms with Crippen LogP contribution < -0.4 is 10.1 Å². The molecule has 0 radical (unpaired) electrons. The number of hydrogen-bond acceptors (Lipinski definition) is 5. The average Bonchev–Trinajstić information content (AvgIpc) is 3.22. The Labute approximate surface area is 170 Å². The molecule has 30 heavy (non-hydrogen) atoms. The number of aromatic amines is 1. The standard InChI is InChI=1S/C22H17F2N5O/c1-12(29-22-19-21(26-10-25-19)27-11-28-22)20-17(13-3-2-4-15(23)7-13)9-14-8-16(24)5-6-18(14)30-20/h2-8,10-12H,9H2,1H3,(H2,25,26,27,28,29)/t12-/m0/s1. The third kappa shape index (κ3) is 3.26. The van der Waals surface area contributed by atoms with Gasteiger partial charge in [0.2, 0.25) is 0 Å². The molecule has 1 aliphatic rings. The molecule has 0 unspecified atom stereocenters. The number of halogens is 2. The maximum atomic E-state index is 13.9. The van der Waals surface area contributed by atoms with Crippen LogP contribution in [0.3, 0.4) is 0 Å². The van der Waals surface area contributed by atoms with Gasteiger partial charge in [0.1, 0.15) is 35.0 Å². The molecule has 0 saturated heterocycles. The molecule has 0 amide bonds. The summed E-state index contributed by atoms with van der Waals surface area (Å²) < 4.78 is 33.9. The lowest BCUT2D eigenvalue weighted by Crippen LogP contribution is -2.26. The number of nitrogens with zero attached hydrogens (tertiary/aromatic N) is 3. The summed E-state index contributed by atoms with van der Waals surface area (Å²) >= 11 is 0. The van der Waals surface area contributed by atoms with Crippen molar-refractivity contribution in [3.8, 4) is 5.75 Å². The molecule has 8 heteroatoms. The molecule has 0 bridgehead atoms. The number of H-pyrrole nitrogens is 1. The van der Waals surface area contributed by atoms with Crippen LogP contribution in [0.2, 0.25) is 0 Å². The molecule has 6 nitrogen and oxygen atoms in total. The first-order valence-corrected chi connectivity index (χ1v) is 9.44. The van der Waals surface area contributed by atoms with E-state index >= 15 is 0 Å². The maximum absolute atomic E-state index is 13.9. The Bertz CT molecular complexity index is 1280. The molecule has 1 aliphatic heterocycles. The number of nitrogens with one attached hydrogen (secondary N) is 2. The van der Waals surface area contributed by atoms with Crippen LogP contribution in [-0.2, 0) is 6.42 Å². The molecule has 4 aromatic rings. The van der Waals surface area contributed by atoms with Crippen molar-refractivity contribution >= 4 is 22.6 Å². The van der Waals surface area contributed by atoms with Crippen LogP contribution >= 0.6 is 0 Å². The lowest BCUT2D eigenvalue weighted by molar-refractivity contribution is 0.386. The summed E-state index contributed by atoms with van der Waals surface area (Å²) in [6, 6.07) is 10.4. The molecule has 2 N–H and O–H groups in total. The van der Waals surface area contributed by atoms with Crippen LogP contribution in [0.1, 0.15) is 18.1 Å². The molecule has 2 aromatic heterocycles. The van der Waals surface area contributed by atoms with Gasteiger partial charge in [-0.25, -0.2) is 23.7 Å². The molecule has 5 rings (SSSR count). The number of aromatic nitrogens is 4. The van der Waals surface area contributed by atoms with E-state index in [1.165, 1.54) is 30.6 Å². The van der Waals surface area contributed by atoms with Crippen LogP contribution in [0.25, 0.3) is 16.7 Å². The third-order valence-corrected chi connectivity index (χ3v) is 5.05. The predicted octanol–water partition coefficient (Wildman–Crippen LogP) is 4.48. The second-order valence-corrected chi connectivity index (χ2v) is 7.07. The molecule has 1 atom stereocenters. The number of hydrogen-bond donors (Lipinski definition) is 2. The van der Waals surface area contributed by atoms with Crippen molar-refractivity contribution in [2.24, 2.45) is 0 Å². The quantitative estimate of drug-likeness (QED) is 0.524. The van der Waals surface area contributed by atoms with Crippen LogP contribution in [0.15, 0.2) is 60.9 Å². The van der Waals surface area contributed by atoms with E-state index in [1.807, 2.05) is 13.0 Å². The zero-order valence-corrected chi connectivity index (χ0v) is 16.0. The Morgan fingerprint density at radius 2 is 1.93 bits per heavy atom.